The van der Waals surface area contributed by atoms with E-state index in [0.717, 1.165) is 34.6 Å². The number of nitrogens with zero attached hydrogens (tertiary/aromatic N) is 1. The zero-order valence-corrected chi connectivity index (χ0v) is 13.4. The van der Waals surface area contributed by atoms with E-state index < -0.39 is 0 Å². The summed E-state index contributed by atoms with van der Waals surface area (Å²) in [7, 11) is 0. The molecule has 0 aliphatic carbocycles. The molecule has 1 aliphatic heterocycles. The van der Waals surface area contributed by atoms with Crippen LogP contribution in [0, 0.1) is 0 Å². The molecule has 18 heavy (non-hydrogen) atoms. The summed E-state index contributed by atoms with van der Waals surface area (Å²) in [6, 6.07) is 5.98. The van der Waals surface area contributed by atoms with Crippen molar-refractivity contribution in [3.05, 3.63) is 28.2 Å². The first-order valence-corrected chi connectivity index (χ1v) is 7.86. The van der Waals surface area contributed by atoms with E-state index in [-0.39, 0.29) is 10.5 Å². The maximum Gasteiger partial charge on any atom is 0.161 e. The molecule has 98 valence electrons. The lowest BCUT2D eigenvalue weighted by molar-refractivity contribution is 0.101. The highest BCUT2D eigenvalue weighted by molar-refractivity contribution is 9.10. The average Bonchev–Trinajstić information content (AvgIpc) is 2.27. The lowest BCUT2D eigenvalue weighted by Gasteiger charge is -2.39. The lowest BCUT2D eigenvalue weighted by Crippen LogP contribution is -2.43. The summed E-state index contributed by atoms with van der Waals surface area (Å²) >= 11 is 5.44. The number of halogens is 1. The Morgan fingerprint density at radius 1 is 1.44 bits per heavy atom. The van der Waals surface area contributed by atoms with Crippen LogP contribution in [-0.2, 0) is 0 Å². The van der Waals surface area contributed by atoms with E-state index in [1.165, 1.54) is 0 Å². The molecule has 1 aromatic rings. The van der Waals surface area contributed by atoms with Gasteiger partial charge >= 0.3 is 0 Å². The zero-order valence-electron chi connectivity index (χ0n) is 11.0. The number of thioether (sulfide) groups is 1. The van der Waals surface area contributed by atoms with E-state index in [4.69, 9.17) is 0 Å². The van der Waals surface area contributed by atoms with Crippen molar-refractivity contribution in [2.24, 2.45) is 0 Å². The Hall–Kier alpha value is -0.480. The Morgan fingerprint density at radius 2 is 2.17 bits per heavy atom. The molecule has 0 unspecified atom stereocenters. The molecule has 1 fully saturated rings. The van der Waals surface area contributed by atoms with Gasteiger partial charge in [-0.25, -0.2) is 0 Å². The summed E-state index contributed by atoms with van der Waals surface area (Å²) in [6.45, 7) is 8.15. The minimum Gasteiger partial charge on any atom is -0.369 e. The Morgan fingerprint density at radius 3 is 2.78 bits per heavy atom. The molecule has 0 aromatic heterocycles. The second-order valence-electron chi connectivity index (χ2n) is 5.25. The van der Waals surface area contributed by atoms with E-state index >= 15 is 0 Å². The molecule has 0 amide bonds. The number of carbonyl (C=O) groups is 1. The van der Waals surface area contributed by atoms with Crippen LogP contribution < -0.4 is 4.90 Å². The monoisotopic (exact) mass is 327 g/mol. The van der Waals surface area contributed by atoms with Gasteiger partial charge < -0.3 is 4.90 Å². The molecule has 1 aliphatic rings. The van der Waals surface area contributed by atoms with Gasteiger partial charge in [-0.3, -0.25) is 4.79 Å². The molecule has 0 atom stereocenters. The van der Waals surface area contributed by atoms with Crippen molar-refractivity contribution >= 4 is 39.2 Å². The van der Waals surface area contributed by atoms with Gasteiger partial charge in [0.25, 0.3) is 0 Å². The Bertz CT molecular complexity index is 473. The van der Waals surface area contributed by atoms with Gasteiger partial charge in [-0.05, 0) is 39.0 Å². The van der Waals surface area contributed by atoms with Crippen LogP contribution in [0.15, 0.2) is 22.7 Å². The molecule has 4 heteroatoms. The summed E-state index contributed by atoms with van der Waals surface area (Å²) in [5.74, 6) is 1.24. The highest BCUT2D eigenvalue weighted by Gasteiger charge is 2.28. The molecule has 2 nitrogen and oxygen atoms in total. The predicted molar refractivity (Wildman–Crippen MR) is 82.9 cm³/mol. The van der Waals surface area contributed by atoms with Crippen LogP contribution in [-0.4, -0.2) is 29.4 Å². The minimum absolute atomic E-state index is 0.127. The highest BCUT2D eigenvalue weighted by atomic mass is 79.9. The van der Waals surface area contributed by atoms with Gasteiger partial charge in [0.05, 0.1) is 0 Å². The molecule has 0 spiro atoms. The van der Waals surface area contributed by atoms with E-state index in [1.807, 2.05) is 30.0 Å². The van der Waals surface area contributed by atoms with Crippen LogP contribution in [0.1, 0.15) is 31.1 Å². The normalized spacial score (nSPS) is 18.8. The fourth-order valence-electron chi connectivity index (χ4n) is 2.29. The molecule has 0 bridgehead atoms. The lowest BCUT2D eigenvalue weighted by atomic mass is 10.1. The van der Waals surface area contributed by atoms with E-state index in [9.17, 15) is 4.79 Å². The quantitative estimate of drug-likeness (QED) is 0.766. The standard InChI is InChI=1S/C14H18BrNOS/c1-10(17)12-8-11(15)4-5-13(12)16-6-7-18-14(2,3)9-16/h4-5,8H,6-7,9H2,1-3H3. The van der Waals surface area contributed by atoms with Crippen LogP contribution in [0.25, 0.3) is 0 Å². The average molecular weight is 328 g/mol. The third kappa shape index (κ3) is 3.09. The van der Waals surface area contributed by atoms with Crippen molar-refractivity contribution in [2.75, 3.05) is 23.7 Å². The third-order valence-electron chi connectivity index (χ3n) is 3.10. The molecular weight excluding hydrogens is 310 g/mol. The first kappa shape index (κ1) is 13.9. The molecular formula is C14H18BrNOS. The Labute approximate surface area is 121 Å². The number of hydrogen-bond donors (Lipinski definition) is 0. The summed E-state index contributed by atoms with van der Waals surface area (Å²) < 4.78 is 1.21. The first-order chi connectivity index (χ1) is 8.39. The van der Waals surface area contributed by atoms with E-state index in [1.54, 1.807) is 6.92 Å². The second-order valence-corrected chi connectivity index (χ2v) is 7.97. The van der Waals surface area contributed by atoms with E-state index in [2.05, 4.69) is 34.7 Å². The minimum atomic E-state index is 0.127. The van der Waals surface area contributed by atoms with Crippen molar-refractivity contribution in [1.29, 1.82) is 0 Å². The molecule has 0 radical (unpaired) electrons. The fourth-order valence-corrected chi connectivity index (χ4v) is 3.76. The summed E-state index contributed by atoms with van der Waals surface area (Å²) in [5, 5.41) is 0. The van der Waals surface area contributed by atoms with Crippen molar-refractivity contribution in [2.45, 2.75) is 25.5 Å². The van der Waals surface area contributed by atoms with Crippen LogP contribution >= 0.6 is 27.7 Å². The van der Waals surface area contributed by atoms with Crippen LogP contribution in [0.3, 0.4) is 0 Å². The number of hydrogen-bond acceptors (Lipinski definition) is 3. The van der Waals surface area contributed by atoms with Crippen LogP contribution in [0.4, 0.5) is 5.69 Å². The van der Waals surface area contributed by atoms with Gasteiger partial charge in [0.1, 0.15) is 0 Å². The maximum atomic E-state index is 11.8. The van der Waals surface area contributed by atoms with Crippen molar-refractivity contribution in [3.8, 4) is 0 Å². The van der Waals surface area contributed by atoms with Crippen molar-refractivity contribution in [3.63, 3.8) is 0 Å². The van der Waals surface area contributed by atoms with Crippen molar-refractivity contribution < 1.29 is 4.79 Å². The molecule has 2 rings (SSSR count). The predicted octanol–water partition coefficient (Wildman–Crippen LogP) is 3.98. The molecule has 1 heterocycles. The molecule has 0 N–H and O–H groups in total. The zero-order chi connectivity index (χ0) is 13.3. The highest BCUT2D eigenvalue weighted by Crippen LogP contribution is 2.34. The van der Waals surface area contributed by atoms with Gasteiger partial charge in [-0.2, -0.15) is 11.8 Å². The number of ketones is 1. The van der Waals surface area contributed by atoms with E-state index in [0.29, 0.717) is 0 Å². The third-order valence-corrected chi connectivity index (χ3v) is 4.89. The first-order valence-electron chi connectivity index (χ1n) is 6.08. The van der Waals surface area contributed by atoms with Crippen molar-refractivity contribution in [1.82, 2.24) is 0 Å². The number of anilines is 1. The second kappa shape index (κ2) is 5.25. The van der Waals surface area contributed by atoms with Gasteiger partial charge in [-0.15, -0.1) is 0 Å². The molecule has 1 saturated heterocycles. The van der Waals surface area contributed by atoms with Gasteiger partial charge in [0.15, 0.2) is 5.78 Å². The maximum absolute atomic E-state index is 11.8. The SMILES string of the molecule is CC(=O)c1cc(Br)ccc1N1CCSC(C)(C)C1. The van der Waals surface area contributed by atoms with Gasteiger partial charge in [0, 0.05) is 39.3 Å². The Kier molecular flexibility index (Phi) is 4.07. The number of benzene rings is 1. The smallest absolute Gasteiger partial charge is 0.161 e. The topological polar surface area (TPSA) is 20.3 Å². The number of rotatable bonds is 2. The van der Waals surface area contributed by atoms with Crippen LogP contribution in [0.5, 0.6) is 0 Å². The summed E-state index contributed by atoms with van der Waals surface area (Å²) in [6.07, 6.45) is 0. The number of Topliss-reactive ketones (excluding diaryl/α,β-unsaturated/α-hetero) is 1. The van der Waals surface area contributed by atoms with Gasteiger partial charge in [-0.1, -0.05) is 15.9 Å². The molecule has 0 saturated carbocycles. The van der Waals surface area contributed by atoms with Gasteiger partial charge in [0.2, 0.25) is 0 Å². The molecule has 1 aromatic carbocycles. The Balaban J connectivity index is 2.35. The summed E-state index contributed by atoms with van der Waals surface area (Å²) in [4.78, 5) is 14.1. The summed E-state index contributed by atoms with van der Waals surface area (Å²) in [5.41, 5.74) is 1.88. The fraction of sp³-hybridized carbons (Fsp3) is 0.500. The number of carbonyl (C=O) groups excluding carboxylic acids is 1. The largest absolute Gasteiger partial charge is 0.369 e. The van der Waals surface area contributed by atoms with Crippen LogP contribution in [0.2, 0.25) is 0 Å².